The molecule has 0 aromatic carbocycles. The Bertz CT molecular complexity index is 221. The summed E-state index contributed by atoms with van der Waals surface area (Å²) < 4.78 is 14.1. The summed E-state index contributed by atoms with van der Waals surface area (Å²) in [5.41, 5.74) is 0. The monoisotopic (exact) mass is 243 g/mol. The van der Waals surface area contributed by atoms with Gasteiger partial charge in [0.15, 0.2) is 6.29 Å². The summed E-state index contributed by atoms with van der Waals surface area (Å²) in [4.78, 5) is 18.2. The highest BCUT2D eigenvalue weighted by Crippen LogP contribution is 2.16. The fraction of sp³-hybridized carbons (Fsp3) is 0.833. The van der Waals surface area contributed by atoms with Crippen LogP contribution < -0.4 is 0 Å². The lowest BCUT2D eigenvalue weighted by Crippen LogP contribution is -2.46. The van der Waals surface area contributed by atoms with E-state index in [-0.39, 0.29) is 6.29 Å². The van der Waals surface area contributed by atoms with Gasteiger partial charge < -0.3 is 25.2 Å². The molecule has 0 saturated heterocycles. The summed E-state index contributed by atoms with van der Waals surface area (Å²) in [5, 5.41) is 36.0. The van der Waals surface area contributed by atoms with Gasteiger partial charge in [0, 0.05) is 4.57 Å². The number of hydrogen-bond acceptors (Lipinski definition) is 7. The minimum absolute atomic E-state index is 0.0198. The van der Waals surface area contributed by atoms with E-state index in [2.05, 4.69) is 4.52 Å². The number of aliphatic hydroxyl groups excluding tert-OH is 4. The van der Waals surface area contributed by atoms with Crippen LogP contribution in [-0.2, 0) is 13.9 Å². The van der Waals surface area contributed by atoms with Crippen molar-refractivity contribution < 1.29 is 39.2 Å². The molecule has 0 aliphatic carbocycles. The second-order valence-corrected chi connectivity index (χ2v) is 3.44. The van der Waals surface area contributed by atoms with Gasteiger partial charge in [-0.05, 0) is 0 Å². The third kappa shape index (κ3) is 5.24. The molecule has 0 spiro atoms. The Hall–Kier alpha value is -0.470. The van der Waals surface area contributed by atoms with Crippen LogP contribution >= 0.6 is 8.25 Å². The van der Waals surface area contributed by atoms with Gasteiger partial charge in [-0.2, -0.15) is 0 Å². The smallest absolute Gasteiger partial charge is 0.388 e. The van der Waals surface area contributed by atoms with Crippen LogP contribution in [0.25, 0.3) is 0 Å². The maximum atomic E-state index is 10.1. The van der Waals surface area contributed by atoms with E-state index in [1.165, 1.54) is 0 Å². The van der Waals surface area contributed by atoms with Crippen molar-refractivity contribution in [1.82, 2.24) is 0 Å². The number of carbonyl (C=O) groups is 1. The van der Waals surface area contributed by atoms with E-state index >= 15 is 0 Å². The molecular formula is C6H12O8P+. The number of aldehydes is 1. The molecule has 0 amide bonds. The molecule has 9 heteroatoms. The van der Waals surface area contributed by atoms with Crippen molar-refractivity contribution in [1.29, 1.82) is 0 Å². The molecule has 5 N–H and O–H groups in total. The predicted octanol–water partition coefficient (Wildman–Crippen LogP) is -2.70. The highest BCUT2D eigenvalue weighted by atomic mass is 31.1. The van der Waals surface area contributed by atoms with E-state index < -0.39 is 39.3 Å². The van der Waals surface area contributed by atoms with Crippen LogP contribution in [0.3, 0.4) is 0 Å². The van der Waals surface area contributed by atoms with Gasteiger partial charge in [0.1, 0.15) is 31.0 Å². The first-order chi connectivity index (χ1) is 6.90. The van der Waals surface area contributed by atoms with E-state index in [4.69, 9.17) is 25.3 Å². The molecule has 0 saturated carbocycles. The zero-order chi connectivity index (χ0) is 12.0. The molecule has 0 aliphatic heterocycles. The topological polar surface area (TPSA) is 145 Å². The summed E-state index contributed by atoms with van der Waals surface area (Å²) in [6, 6.07) is 0. The van der Waals surface area contributed by atoms with Crippen LogP contribution in [0.4, 0.5) is 0 Å². The molecule has 5 atom stereocenters. The molecule has 0 fully saturated rings. The zero-order valence-electron chi connectivity index (χ0n) is 7.50. The Kier molecular flexibility index (Phi) is 6.70. The summed E-state index contributed by atoms with van der Waals surface area (Å²) in [6.45, 7) is -0.713. The van der Waals surface area contributed by atoms with Crippen LogP contribution in [0.2, 0.25) is 0 Å². The minimum atomic E-state index is -2.93. The number of carbonyl (C=O) groups excluding carboxylic acids is 1. The van der Waals surface area contributed by atoms with Crippen molar-refractivity contribution in [2.45, 2.75) is 24.4 Å². The Morgan fingerprint density at radius 1 is 1.20 bits per heavy atom. The van der Waals surface area contributed by atoms with Crippen molar-refractivity contribution >= 4 is 14.5 Å². The number of rotatable bonds is 7. The van der Waals surface area contributed by atoms with Gasteiger partial charge in [-0.15, -0.1) is 9.42 Å². The fourth-order valence-electron chi connectivity index (χ4n) is 0.749. The first-order valence-corrected chi connectivity index (χ1v) is 4.99. The van der Waals surface area contributed by atoms with Gasteiger partial charge in [0.2, 0.25) is 0 Å². The average Bonchev–Trinajstić information content (AvgIpc) is 2.22. The average molecular weight is 243 g/mol. The van der Waals surface area contributed by atoms with E-state index in [0.29, 0.717) is 0 Å². The highest BCUT2D eigenvalue weighted by molar-refractivity contribution is 7.32. The summed E-state index contributed by atoms with van der Waals surface area (Å²) >= 11 is 0. The van der Waals surface area contributed by atoms with Crippen molar-refractivity contribution in [2.24, 2.45) is 0 Å². The quantitative estimate of drug-likeness (QED) is 0.240. The molecule has 0 aliphatic rings. The molecule has 8 nitrogen and oxygen atoms in total. The van der Waals surface area contributed by atoms with Gasteiger partial charge >= 0.3 is 8.25 Å². The van der Waals surface area contributed by atoms with Crippen molar-refractivity contribution in [3.8, 4) is 0 Å². The SMILES string of the molecule is O=C[C@@H](O)[C@@H](O)[C@H](O)[C@H](O)CO[P+](=O)O. The lowest BCUT2D eigenvalue weighted by Gasteiger charge is -2.22. The second kappa shape index (κ2) is 6.91. The largest absolute Gasteiger partial charge is 0.694 e. The first-order valence-electron chi connectivity index (χ1n) is 3.86. The maximum Gasteiger partial charge on any atom is 0.694 e. The maximum absolute atomic E-state index is 10.1. The Morgan fingerprint density at radius 2 is 1.73 bits per heavy atom. The summed E-state index contributed by atoms with van der Waals surface area (Å²) in [6.07, 6.45) is -7.32. The molecule has 0 bridgehead atoms. The molecule has 15 heavy (non-hydrogen) atoms. The third-order valence-electron chi connectivity index (χ3n) is 1.59. The molecule has 88 valence electrons. The van der Waals surface area contributed by atoms with E-state index in [9.17, 15) is 9.36 Å². The van der Waals surface area contributed by atoms with Gasteiger partial charge in [-0.3, -0.25) is 0 Å². The standard InChI is InChI=1S/C6H11O8P/c7-1-3(8)5(10)6(11)4(9)2-14-15(12)13/h1,3-6,8-11H,2H2/p+1/t3-,4-,5-,6-/m1/s1. The molecule has 0 radical (unpaired) electrons. The van der Waals surface area contributed by atoms with Crippen LogP contribution in [-0.4, -0.2) is 62.6 Å². The van der Waals surface area contributed by atoms with Gasteiger partial charge in [0.25, 0.3) is 0 Å². The highest BCUT2D eigenvalue weighted by Gasteiger charge is 2.32. The number of aliphatic hydroxyl groups is 4. The molecule has 0 heterocycles. The zero-order valence-corrected chi connectivity index (χ0v) is 8.40. The molecule has 0 aromatic rings. The normalized spacial score (nSPS) is 20.2. The third-order valence-corrected chi connectivity index (χ3v) is 1.96. The van der Waals surface area contributed by atoms with Crippen molar-refractivity contribution in [3.05, 3.63) is 0 Å². The van der Waals surface area contributed by atoms with Gasteiger partial charge in [-0.25, -0.2) is 0 Å². The van der Waals surface area contributed by atoms with E-state index in [1.54, 1.807) is 0 Å². The lowest BCUT2D eigenvalue weighted by molar-refractivity contribution is -0.135. The molecule has 1 unspecified atom stereocenters. The van der Waals surface area contributed by atoms with Crippen LogP contribution in [0.15, 0.2) is 0 Å². The van der Waals surface area contributed by atoms with E-state index in [0.717, 1.165) is 0 Å². The van der Waals surface area contributed by atoms with Crippen LogP contribution in [0.5, 0.6) is 0 Å². The minimum Gasteiger partial charge on any atom is -0.388 e. The Balaban J connectivity index is 4.11. The Morgan fingerprint density at radius 3 is 2.13 bits per heavy atom. The summed E-state index contributed by atoms with van der Waals surface area (Å²) in [5.74, 6) is 0. The molecular weight excluding hydrogens is 231 g/mol. The van der Waals surface area contributed by atoms with Crippen molar-refractivity contribution in [2.75, 3.05) is 6.61 Å². The summed E-state index contributed by atoms with van der Waals surface area (Å²) in [7, 11) is -2.93. The van der Waals surface area contributed by atoms with Crippen molar-refractivity contribution in [3.63, 3.8) is 0 Å². The second-order valence-electron chi connectivity index (χ2n) is 2.71. The molecule has 0 aromatic heterocycles. The van der Waals surface area contributed by atoms with Gasteiger partial charge in [-0.1, -0.05) is 0 Å². The number of hydrogen-bond donors (Lipinski definition) is 5. The predicted molar refractivity (Wildman–Crippen MR) is 45.9 cm³/mol. The Labute approximate surface area is 85.7 Å². The van der Waals surface area contributed by atoms with Gasteiger partial charge in [0.05, 0.1) is 0 Å². The lowest BCUT2D eigenvalue weighted by atomic mass is 10.0. The first kappa shape index (κ1) is 14.5. The fourth-order valence-corrected chi connectivity index (χ4v) is 1.03. The van der Waals surface area contributed by atoms with E-state index in [1.807, 2.05) is 0 Å². The molecule has 0 rings (SSSR count). The van der Waals surface area contributed by atoms with Crippen LogP contribution in [0.1, 0.15) is 0 Å². The van der Waals surface area contributed by atoms with Crippen LogP contribution in [0, 0.1) is 0 Å².